The van der Waals surface area contributed by atoms with Crippen LogP contribution in [-0.2, 0) is 19.9 Å². The Balaban J connectivity index is 0.00000102. The molecule has 1 aromatic carbocycles. The number of ether oxygens (including phenoxy) is 2. The van der Waals surface area contributed by atoms with Crippen molar-refractivity contribution in [3.05, 3.63) is 34.3 Å². The van der Waals surface area contributed by atoms with Gasteiger partial charge in [-0.1, -0.05) is 55.8 Å². The maximum Gasteiger partial charge on any atom is 0.322 e. The minimum absolute atomic E-state index is 0. The number of halogens is 1. The Morgan fingerprint density at radius 3 is 2.32 bits per heavy atom. The molecule has 1 aromatic rings. The zero-order valence-corrected chi connectivity index (χ0v) is 14.7. The van der Waals surface area contributed by atoms with Gasteiger partial charge in [-0.25, -0.2) is 0 Å². The topological polar surface area (TPSA) is 47.6 Å². The van der Waals surface area contributed by atoms with Crippen LogP contribution in [0.2, 0.25) is 0 Å². The Morgan fingerprint density at radius 2 is 1.86 bits per heavy atom. The number of benzene rings is 1. The molecule has 0 aromatic heterocycles. The molecule has 1 N–H and O–H groups in total. The van der Waals surface area contributed by atoms with E-state index in [-0.39, 0.29) is 19.4 Å². The molecule has 0 amide bonds. The molecule has 4 nitrogen and oxygen atoms in total. The van der Waals surface area contributed by atoms with E-state index in [2.05, 4.69) is 35.1 Å². The fourth-order valence-corrected chi connectivity index (χ4v) is 2.58. The highest BCUT2D eigenvalue weighted by molar-refractivity contribution is 9.10. The summed E-state index contributed by atoms with van der Waals surface area (Å²) >= 11 is 3.41. The van der Waals surface area contributed by atoms with E-state index < -0.39 is 5.60 Å². The number of esters is 1. The van der Waals surface area contributed by atoms with Gasteiger partial charge in [0.1, 0.15) is 11.6 Å². The number of hydrogen-bond donors (Lipinski definition) is 1. The summed E-state index contributed by atoms with van der Waals surface area (Å²) in [6, 6.07) is 7.66. The van der Waals surface area contributed by atoms with Crippen molar-refractivity contribution < 1.29 is 14.3 Å². The van der Waals surface area contributed by atoms with Crippen LogP contribution < -0.4 is 5.32 Å². The molecule has 0 saturated carbocycles. The fourth-order valence-electron chi connectivity index (χ4n) is 2.32. The van der Waals surface area contributed by atoms with Gasteiger partial charge in [0.2, 0.25) is 0 Å². The van der Waals surface area contributed by atoms with Gasteiger partial charge in [-0.05, 0) is 17.7 Å². The third-order valence-electron chi connectivity index (χ3n) is 3.41. The molecule has 2 rings (SSSR count). The van der Waals surface area contributed by atoms with Crippen LogP contribution in [0, 0.1) is 0 Å². The quantitative estimate of drug-likeness (QED) is 0.816. The van der Waals surface area contributed by atoms with Gasteiger partial charge >= 0.3 is 5.97 Å². The molecule has 0 spiro atoms. The summed E-state index contributed by atoms with van der Waals surface area (Å²) in [7, 11) is 3.07. The van der Waals surface area contributed by atoms with Gasteiger partial charge < -0.3 is 14.8 Å². The molecule has 1 unspecified atom stereocenters. The smallest absolute Gasteiger partial charge is 0.322 e. The van der Waals surface area contributed by atoms with Gasteiger partial charge in [0.15, 0.2) is 0 Å². The van der Waals surface area contributed by atoms with Gasteiger partial charge in [-0.2, -0.15) is 0 Å². The van der Waals surface area contributed by atoms with Crippen LogP contribution in [0.3, 0.4) is 0 Å². The fraction of sp³-hybridized carbons (Fsp3) is 0.588. The summed E-state index contributed by atoms with van der Waals surface area (Å²) in [5.74, 6) is -0.244. The van der Waals surface area contributed by atoms with Crippen molar-refractivity contribution in [3.63, 3.8) is 0 Å². The summed E-state index contributed by atoms with van der Waals surface area (Å²) < 4.78 is 11.4. The number of nitrogens with one attached hydrogen (secondary N) is 1. The zero-order valence-electron chi connectivity index (χ0n) is 13.1. The number of rotatable bonds is 3. The monoisotopic (exact) mass is 373 g/mol. The Hall–Kier alpha value is -0.910. The summed E-state index contributed by atoms with van der Waals surface area (Å²) in [4.78, 5) is 11.6. The van der Waals surface area contributed by atoms with E-state index in [4.69, 9.17) is 9.47 Å². The van der Waals surface area contributed by atoms with Crippen molar-refractivity contribution in [2.75, 3.05) is 20.8 Å². The van der Waals surface area contributed by atoms with Crippen molar-refractivity contribution in [3.8, 4) is 0 Å². The molecule has 1 aliphatic rings. The Morgan fingerprint density at radius 1 is 1.32 bits per heavy atom. The Bertz CT molecular complexity index is 450. The lowest BCUT2D eigenvalue weighted by Gasteiger charge is -2.27. The molecule has 1 fully saturated rings. The lowest BCUT2D eigenvalue weighted by Crippen LogP contribution is -2.31. The first kappa shape index (κ1) is 21.1. The lowest BCUT2D eigenvalue weighted by molar-refractivity contribution is -0.143. The third-order valence-corrected chi connectivity index (χ3v) is 3.94. The second-order valence-corrected chi connectivity index (χ2v) is 5.99. The molecule has 1 saturated heterocycles. The van der Waals surface area contributed by atoms with Crippen LogP contribution in [0.15, 0.2) is 28.7 Å². The highest BCUT2D eigenvalue weighted by Crippen LogP contribution is 2.34. The molecule has 0 radical (unpaired) electrons. The first-order chi connectivity index (χ1) is 10.0. The number of carbonyl (C=O) groups excluding carboxylic acids is 1. The predicted octanol–water partition coefficient (Wildman–Crippen LogP) is 3.88. The van der Waals surface area contributed by atoms with Crippen molar-refractivity contribution in [1.29, 1.82) is 0 Å². The molecular weight excluding hydrogens is 346 g/mol. The molecule has 1 heterocycles. The second-order valence-electron chi connectivity index (χ2n) is 5.07. The molecule has 22 heavy (non-hydrogen) atoms. The van der Waals surface area contributed by atoms with E-state index in [0.717, 1.165) is 10.0 Å². The van der Waals surface area contributed by atoms with E-state index in [1.54, 1.807) is 7.11 Å². The molecule has 1 aliphatic heterocycles. The van der Waals surface area contributed by atoms with Crippen LogP contribution in [0.4, 0.5) is 0 Å². The molecular formula is C17H28BrNO3. The van der Waals surface area contributed by atoms with Gasteiger partial charge in [-0.3, -0.25) is 4.79 Å². The predicted molar refractivity (Wildman–Crippen MR) is 93.9 cm³/mol. The first-order valence-electron chi connectivity index (χ1n) is 7.15. The standard InChI is InChI=1S/C13H16BrNO3.C3H8.CH4/c1-17-12(16)11-7-13(18-2,8-15-11)9-3-5-10(14)6-4-9;1-3-2;/h3-6,11,15H,7-8H2,1-2H3;3H2,1-2H3;1H4/t11?,13-;;/m0../s1. The van der Waals surface area contributed by atoms with Crippen LogP contribution in [0.1, 0.15) is 39.7 Å². The van der Waals surface area contributed by atoms with Crippen LogP contribution in [0.5, 0.6) is 0 Å². The minimum atomic E-state index is -0.459. The van der Waals surface area contributed by atoms with Crippen LogP contribution >= 0.6 is 15.9 Å². The van der Waals surface area contributed by atoms with Gasteiger partial charge in [0.25, 0.3) is 0 Å². The molecule has 2 atom stereocenters. The van der Waals surface area contributed by atoms with Crippen molar-refractivity contribution in [2.45, 2.75) is 45.8 Å². The number of methoxy groups -OCH3 is 2. The highest BCUT2D eigenvalue weighted by Gasteiger charge is 2.43. The van der Waals surface area contributed by atoms with Gasteiger partial charge in [-0.15, -0.1) is 0 Å². The average molecular weight is 374 g/mol. The Labute approximate surface area is 142 Å². The summed E-state index contributed by atoms with van der Waals surface area (Å²) in [5.41, 5.74) is 0.603. The lowest BCUT2D eigenvalue weighted by atomic mass is 9.91. The maximum absolute atomic E-state index is 11.6. The summed E-state index contributed by atoms with van der Waals surface area (Å²) in [6.07, 6.45) is 1.83. The maximum atomic E-state index is 11.6. The SMILES string of the molecule is C.CCC.COC(=O)C1C[C@@](OC)(c2ccc(Br)cc2)CN1. The Kier molecular flexibility index (Phi) is 9.56. The summed E-state index contributed by atoms with van der Waals surface area (Å²) in [6.45, 7) is 4.85. The summed E-state index contributed by atoms with van der Waals surface area (Å²) in [5, 5.41) is 3.15. The van der Waals surface area contributed by atoms with Crippen LogP contribution in [0.25, 0.3) is 0 Å². The molecule has 0 aliphatic carbocycles. The van der Waals surface area contributed by atoms with Crippen molar-refractivity contribution in [2.24, 2.45) is 0 Å². The number of carbonyl (C=O) groups is 1. The third kappa shape index (κ3) is 5.07. The largest absolute Gasteiger partial charge is 0.468 e. The minimum Gasteiger partial charge on any atom is -0.468 e. The van der Waals surface area contributed by atoms with E-state index in [1.165, 1.54) is 13.5 Å². The average Bonchev–Trinajstić information content (AvgIpc) is 2.94. The number of hydrogen-bond acceptors (Lipinski definition) is 4. The van der Waals surface area contributed by atoms with E-state index in [1.807, 2.05) is 24.3 Å². The second kappa shape index (κ2) is 9.98. The first-order valence-corrected chi connectivity index (χ1v) is 7.94. The molecule has 126 valence electrons. The molecule has 5 heteroatoms. The molecule has 0 bridgehead atoms. The van der Waals surface area contributed by atoms with E-state index in [0.29, 0.717) is 13.0 Å². The van der Waals surface area contributed by atoms with E-state index in [9.17, 15) is 4.79 Å². The van der Waals surface area contributed by atoms with Crippen molar-refractivity contribution in [1.82, 2.24) is 5.32 Å². The van der Waals surface area contributed by atoms with Gasteiger partial charge in [0, 0.05) is 24.5 Å². The van der Waals surface area contributed by atoms with Gasteiger partial charge in [0.05, 0.1) is 7.11 Å². The highest BCUT2D eigenvalue weighted by atomic mass is 79.9. The normalized spacial score (nSPS) is 23.0. The zero-order chi connectivity index (χ0) is 15.9. The van der Waals surface area contributed by atoms with E-state index >= 15 is 0 Å². The van der Waals surface area contributed by atoms with Crippen LogP contribution in [-0.4, -0.2) is 32.8 Å². The van der Waals surface area contributed by atoms with Crippen molar-refractivity contribution >= 4 is 21.9 Å².